The van der Waals surface area contributed by atoms with Crippen molar-refractivity contribution in [3.63, 3.8) is 0 Å². The third-order valence-electron chi connectivity index (χ3n) is 2.63. The van der Waals surface area contributed by atoms with E-state index in [4.69, 9.17) is 4.74 Å². The van der Waals surface area contributed by atoms with Gasteiger partial charge in [-0.25, -0.2) is 0 Å². The minimum Gasteiger partial charge on any atom is -0.371 e. The molecule has 2 heterocycles. The summed E-state index contributed by atoms with van der Waals surface area (Å²) in [5, 5.41) is 5.63. The standard InChI is InChI=1S/C11H17NOS/c1-8-6-12-9(2)11(13-7-8)10-4-3-5-14-10/h3-5,8-9,11-12H,6-7H2,1-2H3. The van der Waals surface area contributed by atoms with Crippen molar-refractivity contribution in [1.82, 2.24) is 5.32 Å². The molecule has 0 aliphatic carbocycles. The van der Waals surface area contributed by atoms with Crippen molar-refractivity contribution < 1.29 is 4.74 Å². The van der Waals surface area contributed by atoms with Crippen molar-refractivity contribution in [3.8, 4) is 0 Å². The van der Waals surface area contributed by atoms with Gasteiger partial charge in [-0.05, 0) is 24.3 Å². The quantitative estimate of drug-likeness (QED) is 0.770. The molecule has 3 unspecified atom stereocenters. The molecule has 0 bridgehead atoms. The van der Waals surface area contributed by atoms with Crippen LogP contribution >= 0.6 is 11.3 Å². The summed E-state index contributed by atoms with van der Waals surface area (Å²) in [5.74, 6) is 0.613. The monoisotopic (exact) mass is 211 g/mol. The Kier molecular flexibility index (Phi) is 3.21. The summed E-state index contributed by atoms with van der Waals surface area (Å²) in [5.41, 5.74) is 0. The lowest BCUT2D eigenvalue weighted by molar-refractivity contribution is 0.0361. The van der Waals surface area contributed by atoms with E-state index in [0.29, 0.717) is 12.0 Å². The van der Waals surface area contributed by atoms with Gasteiger partial charge in [0.05, 0.1) is 6.61 Å². The van der Waals surface area contributed by atoms with E-state index < -0.39 is 0 Å². The van der Waals surface area contributed by atoms with Gasteiger partial charge >= 0.3 is 0 Å². The molecular formula is C11H17NOS. The van der Waals surface area contributed by atoms with Gasteiger partial charge in [0.25, 0.3) is 0 Å². The molecule has 3 heteroatoms. The molecule has 0 saturated carbocycles. The summed E-state index contributed by atoms with van der Waals surface area (Å²) < 4.78 is 5.92. The molecule has 1 aliphatic heterocycles. The highest BCUT2D eigenvalue weighted by Crippen LogP contribution is 2.27. The largest absolute Gasteiger partial charge is 0.371 e. The number of nitrogens with one attached hydrogen (secondary N) is 1. The molecular weight excluding hydrogens is 194 g/mol. The first kappa shape index (κ1) is 10.1. The Balaban J connectivity index is 2.10. The van der Waals surface area contributed by atoms with Gasteiger partial charge in [-0.1, -0.05) is 13.0 Å². The fourth-order valence-corrected chi connectivity index (χ4v) is 2.62. The van der Waals surface area contributed by atoms with Crippen LogP contribution in [0.25, 0.3) is 0 Å². The summed E-state index contributed by atoms with van der Waals surface area (Å²) in [6.45, 7) is 6.34. The molecule has 1 aromatic heterocycles. The highest BCUT2D eigenvalue weighted by molar-refractivity contribution is 7.10. The van der Waals surface area contributed by atoms with Crippen LogP contribution in [0.2, 0.25) is 0 Å². The Morgan fingerprint density at radius 3 is 3.07 bits per heavy atom. The molecule has 0 aromatic carbocycles. The van der Waals surface area contributed by atoms with Gasteiger partial charge < -0.3 is 10.1 Å². The number of ether oxygens (including phenoxy) is 1. The average molecular weight is 211 g/mol. The van der Waals surface area contributed by atoms with E-state index in [9.17, 15) is 0 Å². The van der Waals surface area contributed by atoms with E-state index in [1.54, 1.807) is 11.3 Å². The molecule has 0 amide bonds. The van der Waals surface area contributed by atoms with Crippen LogP contribution in [0.4, 0.5) is 0 Å². The van der Waals surface area contributed by atoms with E-state index in [1.807, 2.05) is 0 Å². The van der Waals surface area contributed by atoms with Crippen LogP contribution in [-0.4, -0.2) is 19.2 Å². The Hall–Kier alpha value is -0.380. The van der Waals surface area contributed by atoms with Crippen LogP contribution in [0.1, 0.15) is 24.8 Å². The van der Waals surface area contributed by atoms with Crippen molar-refractivity contribution in [3.05, 3.63) is 22.4 Å². The highest BCUT2D eigenvalue weighted by atomic mass is 32.1. The highest BCUT2D eigenvalue weighted by Gasteiger charge is 2.24. The van der Waals surface area contributed by atoms with Gasteiger partial charge in [-0.15, -0.1) is 11.3 Å². The minimum absolute atomic E-state index is 0.236. The first-order chi connectivity index (χ1) is 6.77. The predicted molar refractivity (Wildman–Crippen MR) is 59.6 cm³/mol. The van der Waals surface area contributed by atoms with Crippen molar-refractivity contribution in [2.24, 2.45) is 5.92 Å². The normalized spacial score (nSPS) is 34.0. The fraction of sp³-hybridized carbons (Fsp3) is 0.636. The second-order valence-corrected chi connectivity index (χ2v) is 5.05. The molecule has 1 fully saturated rings. The van der Waals surface area contributed by atoms with E-state index in [2.05, 4.69) is 36.7 Å². The van der Waals surface area contributed by atoms with Crippen molar-refractivity contribution in [1.29, 1.82) is 0 Å². The fourth-order valence-electron chi connectivity index (χ4n) is 1.75. The van der Waals surface area contributed by atoms with Crippen LogP contribution in [0.15, 0.2) is 17.5 Å². The molecule has 1 N–H and O–H groups in total. The predicted octanol–water partition coefficient (Wildman–Crippen LogP) is 2.43. The first-order valence-electron chi connectivity index (χ1n) is 5.15. The van der Waals surface area contributed by atoms with Crippen molar-refractivity contribution in [2.45, 2.75) is 26.0 Å². The van der Waals surface area contributed by atoms with Crippen LogP contribution in [0, 0.1) is 5.92 Å². The minimum atomic E-state index is 0.236. The number of hydrogen-bond acceptors (Lipinski definition) is 3. The van der Waals surface area contributed by atoms with E-state index >= 15 is 0 Å². The number of rotatable bonds is 1. The maximum atomic E-state index is 5.92. The van der Waals surface area contributed by atoms with E-state index in [1.165, 1.54) is 4.88 Å². The van der Waals surface area contributed by atoms with Gasteiger partial charge in [0, 0.05) is 17.5 Å². The molecule has 2 rings (SSSR count). The molecule has 1 saturated heterocycles. The first-order valence-corrected chi connectivity index (χ1v) is 6.03. The smallest absolute Gasteiger partial charge is 0.107 e. The molecule has 78 valence electrons. The number of thiophene rings is 1. The topological polar surface area (TPSA) is 21.3 Å². The second-order valence-electron chi connectivity index (χ2n) is 4.07. The molecule has 0 spiro atoms. The second kappa shape index (κ2) is 4.43. The van der Waals surface area contributed by atoms with Gasteiger partial charge in [0.2, 0.25) is 0 Å². The van der Waals surface area contributed by atoms with Gasteiger partial charge in [-0.3, -0.25) is 0 Å². The summed E-state index contributed by atoms with van der Waals surface area (Å²) in [7, 11) is 0. The maximum Gasteiger partial charge on any atom is 0.107 e. The lowest BCUT2D eigenvalue weighted by atomic mass is 10.1. The molecule has 1 aliphatic rings. The van der Waals surface area contributed by atoms with Gasteiger partial charge in [0.1, 0.15) is 6.10 Å². The molecule has 14 heavy (non-hydrogen) atoms. The molecule has 0 radical (unpaired) electrons. The summed E-state index contributed by atoms with van der Waals surface area (Å²) in [6.07, 6.45) is 0.236. The SMILES string of the molecule is CC1CNC(C)C(c2cccs2)OC1. The van der Waals surface area contributed by atoms with Gasteiger partial charge in [-0.2, -0.15) is 0 Å². The Morgan fingerprint density at radius 1 is 1.50 bits per heavy atom. The number of hydrogen-bond donors (Lipinski definition) is 1. The zero-order valence-electron chi connectivity index (χ0n) is 8.69. The summed E-state index contributed by atoms with van der Waals surface area (Å²) in [4.78, 5) is 1.33. The van der Waals surface area contributed by atoms with Crippen LogP contribution < -0.4 is 5.32 Å². The van der Waals surface area contributed by atoms with Crippen molar-refractivity contribution >= 4 is 11.3 Å². The maximum absolute atomic E-state index is 5.92. The van der Waals surface area contributed by atoms with E-state index in [0.717, 1.165) is 13.2 Å². The third-order valence-corrected chi connectivity index (χ3v) is 3.56. The zero-order valence-corrected chi connectivity index (χ0v) is 9.51. The summed E-state index contributed by atoms with van der Waals surface area (Å²) >= 11 is 1.78. The Bertz CT molecular complexity index is 273. The van der Waals surface area contributed by atoms with E-state index in [-0.39, 0.29) is 6.10 Å². The van der Waals surface area contributed by atoms with Gasteiger partial charge in [0.15, 0.2) is 0 Å². The third kappa shape index (κ3) is 2.16. The molecule has 3 atom stereocenters. The average Bonchev–Trinajstić information content (AvgIpc) is 2.63. The van der Waals surface area contributed by atoms with Crippen LogP contribution in [-0.2, 0) is 4.74 Å². The van der Waals surface area contributed by atoms with Crippen LogP contribution in [0.3, 0.4) is 0 Å². The van der Waals surface area contributed by atoms with Crippen LogP contribution in [0.5, 0.6) is 0 Å². The Morgan fingerprint density at radius 2 is 2.36 bits per heavy atom. The Labute approximate surface area is 89.3 Å². The lowest BCUT2D eigenvalue weighted by Crippen LogP contribution is -2.32. The zero-order chi connectivity index (χ0) is 9.97. The molecule has 2 nitrogen and oxygen atoms in total. The van der Waals surface area contributed by atoms with Crippen molar-refractivity contribution in [2.75, 3.05) is 13.2 Å². The summed E-state index contributed by atoms with van der Waals surface area (Å²) in [6, 6.07) is 4.66. The lowest BCUT2D eigenvalue weighted by Gasteiger charge is -2.20. The molecule has 1 aromatic rings.